The van der Waals surface area contributed by atoms with Gasteiger partial charge in [-0.1, -0.05) is 82.2 Å². The van der Waals surface area contributed by atoms with Gasteiger partial charge in [0.2, 0.25) is 0 Å². The van der Waals surface area contributed by atoms with Gasteiger partial charge in [0.05, 0.1) is 0 Å². The van der Waals surface area contributed by atoms with Crippen LogP contribution in [0.5, 0.6) is 5.75 Å². The maximum absolute atomic E-state index is 11.4. The summed E-state index contributed by atoms with van der Waals surface area (Å²) in [5, 5.41) is 1.08. The number of carbonyl (C=O) groups is 1. The van der Waals surface area contributed by atoms with Crippen LogP contribution < -0.4 is 10.0 Å². The van der Waals surface area contributed by atoms with E-state index in [2.05, 4.69) is 43.3 Å². The fourth-order valence-corrected chi connectivity index (χ4v) is 4.52. The first kappa shape index (κ1) is 20.3. The first-order valence-corrected chi connectivity index (χ1v) is 10.4. The van der Waals surface area contributed by atoms with Crippen LogP contribution >= 0.6 is 8.58 Å². The third kappa shape index (κ3) is 5.28. The average Bonchev–Trinajstić information content (AvgIpc) is 2.74. The molecule has 0 spiro atoms. The molecule has 0 bridgehead atoms. The Morgan fingerprint density at radius 3 is 2.46 bits per heavy atom. The molecule has 0 N–H and O–H groups in total. The molecule has 2 atom stereocenters. The Hall–Kier alpha value is -2.48. The van der Waals surface area contributed by atoms with Crippen molar-refractivity contribution in [1.29, 1.82) is 0 Å². The lowest BCUT2D eigenvalue weighted by atomic mass is 10.0. The number of hydrogen-bond acceptors (Lipinski definition) is 3. The predicted octanol–water partition coefficient (Wildman–Crippen LogP) is 5.14. The van der Waals surface area contributed by atoms with Gasteiger partial charge < -0.3 is 9.47 Å². The Morgan fingerprint density at radius 1 is 0.964 bits per heavy atom. The summed E-state index contributed by atoms with van der Waals surface area (Å²) in [5.41, 5.74) is 4.65. The van der Waals surface area contributed by atoms with Gasteiger partial charge in [-0.05, 0) is 28.9 Å². The van der Waals surface area contributed by atoms with Gasteiger partial charge >= 0.3 is 0 Å². The molecule has 144 valence electrons. The lowest BCUT2D eigenvalue weighted by molar-refractivity contribution is 0.0504. The van der Waals surface area contributed by atoms with Gasteiger partial charge in [-0.3, -0.25) is 4.79 Å². The monoisotopic (exact) mass is 392 g/mol. The average molecular weight is 392 g/mol. The van der Waals surface area contributed by atoms with E-state index in [1.807, 2.05) is 36.4 Å². The molecule has 0 aliphatic rings. The molecule has 0 aliphatic heterocycles. The second-order valence-electron chi connectivity index (χ2n) is 6.66. The summed E-state index contributed by atoms with van der Waals surface area (Å²) in [6.07, 6.45) is 1.81. The molecule has 28 heavy (non-hydrogen) atoms. The number of ether oxygens (including phenoxy) is 2. The van der Waals surface area contributed by atoms with E-state index < -0.39 is 0 Å². The highest BCUT2D eigenvalue weighted by atomic mass is 31.1. The van der Waals surface area contributed by atoms with Crippen LogP contribution in [0.1, 0.15) is 39.6 Å². The second kappa shape index (κ2) is 10.2. The summed E-state index contributed by atoms with van der Waals surface area (Å²) in [6.45, 7) is 2.40. The minimum atomic E-state index is 0.214. The quantitative estimate of drug-likeness (QED) is 0.287. The maximum atomic E-state index is 11.4. The van der Waals surface area contributed by atoms with Crippen LogP contribution in [0.25, 0.3) is 0 Å². The topological polar surface area (TPSA) is 35.5 Å². The summed E-state index contributed by atoms with van der Waals surface area (Å²) >= 11 is 0. The molecule has 0 saturated heterocycles. The summed E-state index contributed by atoms with van der Waals surface area (Å²) in [6, 6.07) is 24.6. The molecule has 4 heteroatoms. The van der Waals surface area contributed by atoms with Crippen molar-refractivity contribution in [3.63, 3.8) is 0 Å². The standard InChI is InChI=1S/C24H25O3P/c1-18(28-24-11-7-6-10-21(24)16-25)22-15-20(12-13-23(22)27-17-26-2)14-19-8-4-3-5-9-19/h3-13,15-16,18,28H,14,17H2,1-2H3. The molecular formula is C24H25O3P. The van der Waals surface area contributed by atoms with E-state index in [-0.39, 0.29) is 12.5 Å². The Kier molecular flexibility index (Phi) is 7.36. The number of benzene rings is 3. The molecule has 3 nitrogen and oxygen atoms in total. The number of hydrogen-bond donors (Lipinski definition) is 0. The molecule has 3 rings (SSSR count). The van der Waals surface area contributed by atoms with Crippen molar-refractivity contribution in [2.45, 2.75) is 19.0 Å². The zero-order valence-corrected chi connectivity index (χ0v) is 17.2. The number of aldehydes is 1. The summed E-state index contributed by atoms with van der Waals surface area (Å²) < 4.78 is 10.9. The molecule has 0 heterocycles. The maximum Gasteiger partial charge on any atom is 0.188 e. The fourth-order valence-electron chi connectivity index (χ4n) is 3.17. The third-order valence-corrected chi connectivity index (χ3v) is 6.09. The molecule has 0 aromatic heterocycles. The second-order valence-corrected chi connectivity index (χ2v) is 8.35. The molecule has 0 amide bonds. The number of carbonyl (C=O) groups excluding carboxylic acids is 1. The van der Waals surface area contributed by atoms with E-state index in [0.29, 0.717) is 8.58 Å². The van der Waals surface area contributed by atoms with Crippen molar-refractivity contribution in [3.05, 3.63) is 95.1 Å². The van der Waals surface area contributed by atoms with Crippen LogP contribution in [-0.2, 0) is 11.2 Å². The fraction of sp³-hybridized carbons (Fsp3) is 0.208. The van der Waals surface area contributed by atoms with Crippen molar-refractivity contribution in [2.24, 2.45) is 0 Å². The van der Waals surface area contributed by atoms with Crippen LogP contribution in [0.4, 0.5) is 0 Å². The largest absolute Gasteiger partial charge is 0.467 e. The first-order chi connectivity index (χ1) is 13.7. The smallest absolute Gasteiger partial charge is 0.188 e. The van der Waals surface area contributed by atoms with Crippen molar-refractivity contribution in [1.82, 2.24) is 0 Å². The minimum absolute atomic E-state index is 0.214. The number of methoxy groups -OCH3 is 1. The summed E-state index contributed by atoms with van der Waals surface area (Å²) in [5.74, 6) is 0.835. The van der Waals surface area contributed by atoms with Gasteiger partial charge in [0, 0.05) is 23.9 Å². The van der Waals surface area contributed by atoms with Crippen molar-refractivity contribution < 1.29 is 14.3 Å². The Morgan fingerprint density at radius 2 is 1.71 bits per heavy atom. The van der Waals surface area contributed by atoms with Gasteiger partial charge in [-0.2, -0.15) is 0 Å². The third-order valence-electron chi connectivity index (χ3n) is 4.58. The van der Waals surface area contributed by atoms with Crippen molar-refractivity contribution in [3.8, 4) is 5.75 Å². The van der Waals surface area contributed by atoms with E-state index in [0.717, 1.165) is 34.9 Å². The van der Waals surface area contributed by atoms with E-state index in [1.165, 1.54) is 11.1 Å². The zero-order chi connectivity index (χ0) is 19.8. The van der Waals surface area contributed by atoms with Crippen molar-refractivity contribution >= 4 is 20.2 Å². The highest BCUT2D eigenvalue weighted by molar-refractivity contribution is 7.47. The Labute approximate surface area is 168 Å². The molecule has 3 aromatic carbocycles. The van der Waals surface area contributed by atoms with Gasteiger partial charge in [0.15, 0.2) is 13.1 Å². The molecule has 3 aromatic rings. The van der Waals surface area contributed by atoms with E-state index in [9.17, 15) is 4.79 Å². The van der Waals surface area contributed by atoms with E-state index in [1.54, 1.807) is 7.11 Å². The lowest BCUT2D eigenvalue weighted by Gasteiger charge is -2.19. The zero-order valence-electron chi connectivity index (χ0n) is 16.2. The summed E-state index contributed by atoms with van der Waals surface area (Å²) in [7, 11) is 2.10. The van der Waals surface area contributed by atoms with Crippen LogP contribution in [-0.4, -0.2) is 20.2 Å². The predicted molar refractivity (Wildman–Crippen MR) is 116 cm³/mol. The molecule has 0 fully saturated rings. The highest BCUT2D eigenvalue weighted by Crippen LogP contribution is 2.39. The normalized spacial score (nSPS) is 12.2. The van der Waals surface area contributed by atoms with Gasteiger partial charge in [-0.25, -0.2) is 0 Å². The SMILES string of the molecule is COCOc1ccc(Cc2ccccc2)cc1C(C)Pc1ccccc1C=O. The van der Waals surface area contributed by atoms with Crippen molar-refractivity contribution in [2.75, 3.05) is 13.9 Å². The van der Waals surface area contributed by atoms with Crippen LogP contribution in [0.3, 0.4) is 0 Å². The first-order valence-electron chi connectivity index (χ1n) is 9.30. The Balaban J connectivity index is 1.88. The van der Waals surface area contributed by atoms with Crippen LogP contribution in [0.15, 0.2) is 72.8 Å². The summed E-state index contributed by atoms with van der Waals surface area (Å²) in [4.78, 5) is 11.4. The minimum Gasteiger partial charge on any atom is -0.467 e. The number of rotatable bonds is 9. The molecule has 2 unspecified atom stereocenters. The molecule has 0 aliphatic carbocycles. The Bertz CT molecular complexity index is 909. The lowest BCUT2D eigenvalue weighted by Crippen LogP contribution is -2.07. The van der Waals surface area contributed by atoms with Gasteiger partial charge in [0.1, 0.15) is 5.75 Å². The van der Waals surface area contributed by atoms with Crippen LogP contribution in [0, 0.1) is 0 Å². The van der Waals surface area contributed by atoms with E-state index in [4.69, 9.17) is 9.47 Å². The highest BCUT2D eigenvalue weighted by Gasteiger charge is 2.15. The molecule has 0 saturated carbocycles. The van der Waals surface area contributed by atoms with Gasteiger partial charge in [-0.15, -0.1) is 0 Å². The van der Waals surface area contributed by atoms with E-state index >= 15 is 0 Å². The molecule has 0 radical (unpaired) electrons. The van der Waals surface area contributed by atoms with Gasteiger partial charge in [0.25, 0.3) is 0 Å². The molecular weight excluding hydrogens is 367 g/mol. The van der Waals surface area contributed by atoms with Crippen LogP contribution in [0.2, 0.25) is 0 Å².